The summed E-state index contributed by atoms with van der Waals surface area (Å²) in [6, 6.07) is 0. The predicted octanol–water partition coefficient (Wildman–Crippen LogP) is 1.25. The number of nitrogens with zero attached hydrogens (tertiary/aromatic N) is 1. The molecule has 1 aliphatic rings. The summed E-state index contributed by atoms with van der Waals surface area (Å²) >= 11 is 0. The van der Waals surface area contributed by atoms with Crippen LogP contribution >= 0.6 is 0 Å². The minimum Gasteiger partial charge on any atom is -0.380 e. The summed E-state index contributed by atoms with van der Waals surface area (Å²) in [4.78, 5) is 1.80. The van der Waals surface area contributed by atoms with E-state index < -0.39 is 17.7 Å². The van der Waals surface area contributed by atoms with Gasteiger partial charge in [-0.25, -0.2) is 0 Å². The summed E-state index contributed by atoms with van der Waals surface area (Å²) in [6.07, 6.45) is -4.12. The van der Waals surface area contributed by atoms with Crippen LogP contribution in [-0.2, 0) is 0 Å². The lowest BCUT2D eigenvalue weighted by Gasteiger charge is -2.31. The van der Waals surface area contributed by atoms with Crippen molar-refractivity contribution in [1.29, 1.82) is 0 Å². The number of alkyl halides is 3. The average molecular weight is 197 g/mol. The summed E-state index contributed by atoms with van der Waals surface area (Å²) in [5.74, 6) is -0.697. The van der Waals surface area contributed by atoms with Crippen LogP contribution in [0.4, 0.5) is 13.2 Å². The lowest BCUT2D eigenvalue weighted by molar-refractivity contribution is -0.270. The molecule has 1 saturated heterocycles. The van der Waals surface area contributed by atoms with E-state index in [1.54, 1.807) is 11.9 Å². The van der Waals surface area contributed by atoms with Gasteiger partial charge in [0.05, 0.1) is 0 Å². The molecule has 1 heterocycles. The quantitative estimate of drug-likeness (QED) is 0.684. The number of rotatable bonds is 1. The Kier molecular flexibility index (Phi) is 2.60. The molecule has 1 N–H and O–H groups in total. The molecule has 78 valence electrons. The van der Waals surface area contributed by atoms with Crippen molar-refractivity contribution in [3.63, 3.8) is 0 Å². The van der Waals surface area contributed by atoms with Crippen LogP contribution < -0.4 is 0 Å². The first-order chi connectivity index (χ1) is 5.75. The van der Waals surface area contributed by atoms with Gasteiger partial charge in [0.1, 0.15) is 0 Å². The zero-order valence-electron chi connectivity index (χ0n) is 7.73. The molecule has 0 aromatic carbocycles. The normalized spacial score (nSPS) is 30.5. The predicted molar refractivity (Wildman–Crippen MR) is 42.3 cm³/mol. The molecular formula is C8H14F3NO. The van der Waals surface area contributed by atoms with Gasteiger partial charge in [0.2, 0.25) is 0 Å². The van der Waals surface area contributed by atoms with Crippen LogP contribution in [-0.4, -0.2) is 41.9 Å². The highest BCUT2D eigenvalue weighted by atomic mass is 19.4. The van der Waals surface area contributed by atoms with Crippen LogP contribution in [0.25, 0.3) is 0 Å². The van der Waals surface area contributed by atoms with E-state index in [0.29, 0.717) is 19.5 Å². The van der Waals surface area contributed by atoms with E-state index in [1.165, 1.54) is 0 Å². The molecule has 1 aliphatic heterocycles. The van der Waals surface area contributed by atoms with Crippen LogP contribution in [0.15, 0.2) is 0 Å². The lowest BCUT2D eigenvalue weighted by atomic mass is 9.88. The smallest absolute Gasteiger partial charge is 0.380 e. The van der Waals surface area contributed by atoms with E-state index in [-0.39, 0.29) is 0 Å². The topological polar surface area (TPSA) is 23.5 Å². The second-order valence-corrected chi connectivity index (χ2v) is 3.89. The van der Waals surface area contributed by atoms with Gasteiger partial charge in [-0.1, -0.05) is 0 Å². The molecule has 2 atom stereocenters. The summed E-state index contributed by atoms with van der Waals surface area (Å²) in [5.41, 5.74) is -2.54. The Morgan fingerprint density at radius 3 is 2.23 bits per heavy atom. The van der Waals surface area contributed by atoms with Crippen molar-refractivity contribution in [2.45, 2.75) is 25.1 Å². The van der Waals surface area contributed by atoms with Crippen LogP contribution in [0.2, 0.25) is 0 Å². The van der Waals surface area contributed by atoms with Crippen LogP contribution in [0, 0.1) is 5.92 Å². The van der Waals surface area contributed by atoms with Crippen molar-refractivity contribution in [2.75, 3.05) is 20.1 Å². The Hall–Kier alpha value is -0.290. The van der Waals surface area contributed by atoms with Gasteiger partial charge in [0.25, 0.3) is 0 Å². The molecule has 13 heavy (non-hydrogen) atoms. The first-order valence-electron chi connectivity index (χ1n) is 4.23. The average Bonchev–Trinajstić information content (AvgIpc) is 2.33. The maximum Gasteiger partial charge on any atom is 0.417 e. The van der Waals surface area contributed by atoms with Gasteiger partial charge < -0.3 is 10.0 Å². The lowest BCUT2D eigenvalue weighted by Crippen LogP contribution is -2.49. The fourth-order valence-electron chi connectivity index (χ4n) is 1.63. The van der Waals surface area contributed by atoms with Gasteiger partial charge in [0, 0.05) is 12.5 Å². The summed E-state index contributed by atoms with van der Waals surface area (Å²) < 4.78 is 37.0. The minimum atomic E-state index is -4.52. The highest BCUT2D eigenvalue weighted by Crippen LogP contribution is 2.39. The van der Waals surface area contributed by atoms with Gasteiger partial charge >= 0.3 is 6.18 Å². The molecule has 0 saturated carbocycles. The Labute approximate surface area is 75.3 Å². The molecule has 0 bridgehead atoms. The van der Waals surface area contributed by atoms with Gasteiger partial charge in [-0.2, -0.15) is 13.2 Å². The van der Waals surface area contributed by atoms with E-state index in [4.69, 9.17) is 0 Å². The summed E-state index contributed by atoms with van der Waals surface area (Å²) in [6.45, 7) is 1.79. The molecule has 5 heteroatoms. The van der Waals surface area contributed by atoms with Crippen molar-refractivity contribution in [1.82, 2.24) is 4.90 Å². The molecule has 0 aromatic rings. The Morgan fingerprint density at radius 1 is 1.38 bits per heavy atom. The summed E-state index contributed by atoms with van der Waals surface area (Å²) in [5, 5.41) is 9.32. The van der Waals surface area contributed by atoms with E-state index in [0.717, 1.165) is 6.92 Å². The second kappa shape index (κ2) is 3.13. The van der Waals surface area contributed by atoms with E-state index in [1.807, 2.05) is 0 Å². The fraction of sp³-hybridized carbons (Fsp3) is 1.00. The third kappa shape index (κ3) is 1.96. The van der Waals surface area contributed by atoms with Crippen molar-refractivity contribution in [2.24, 2.45) is 5.92 Å². The Morgan fingerprint density at radius 2 is 1.92 bits per heavy atom. The van der Waals surface area contributed by atoms with Gasteiger partial charge in [-0.3, -0.25) is 0 Å². The number of hydrogen-bond acceptors (Lipinski definition) is 2. The standard InChI is InChI=1S/C8H14F3NO/c1-7(13,8(9,10)11)6-3-4-12(2)5-6/h6,13H,3-5H2,1-2H3. The largest absolute Gasteiger partial charge is 0.417 e. The Bertz CT molecular complexity index is 190. The monoisotopic (exact) mass is 197 g/mol. The SMILES string of the molecule is CN1CCC(C(C)(O)C(F)(F)F)C1. The third-order valence-electron chi connectivity index (χ3n) is 2.76. The number of likely N-dealkylation sites (tertiary alicyclic amines) is 1. The first kappa shape index (κ1) is 10.8. The number of aliphatic hydroxyl groups is 1. The summed E-state index contributed by atoms with van der Waals surface area (Å²) in [7, 11) is 1.76. The van der Waals surface area contributed by atoms with E-state index in [2.05, 4.69) is 0 Å². The van der Waals surface area contributed by atoms with E-state index >= 15 is 0 Å². The highest BCUT2D eigenvalue weighted by molar-refractivity contribution is 4.93. The second-order valence-electron chi connectivity index (χ2n) is 3.89. The molecule has 2 nitrogen and oxygen atoms in total. The van der Waals surface area contributed by atoms with Crippen LogP contribution in [0.3, 0.4) is 0 Å². The van der Waals surface area contributed by atoms with Gasteiger partial charge in [-0.15, -0.1) is 0 Å². The maximum atomic E-state index is 12.3. The maximum absolute atomic E-state index is 12.3. The molecule has 0 aliphatic carbocycles. The third-order valence-corrected chi connectivity index (χ3v) is 2.76. The molecule has 0 radical (unpaired) electrons. The molecule has 2 unspecified atom stereocenters. The zero-order valence-corrected chi connectivity index (χ0v) is 7.73. The number of halogens is 3. The number of hydrogen-bond donors (Lipinski definition) is 1. The molecule has 0 spiro atoms. The fourth-order valence-corrected chi connectivity index (χ4v) is 1.63. The zero-order chi connectivity index (χ0) is 10.3. The van der Waals surface area contributed by atoms with Crippen molar-refractivity contribution < 1.29 is 18.3 Å². The molecule has 1 rings (SSSR count). The van der Waals surface area contributed by atoms with Crippen molar-refractivity contribution >= 4 is 0 Å². The van der Waals surface area contributed by atoms with Crippen molar-refractivity contribution in [3.8, 4) is 0 Å². The molecule has 0 aromatic heterocycles. The molecule has 1 fully saturated rings. The van der Waals surface area contributed by atoms with Crippen molar-refractivity contribution in [3.05, 3.63) is 0 Å². The van der Waals surface area contributed by atoms with Crippen LogP contribution in [0.1, 0.15) is 13.3 Å². The molecule has 0 amide bonds. The van der Waals surface area contributed by atoms with Gasteiger partial charge in [0.15, 0.2) is 5.60 Å². The molecular weight excluding hydrogens is 183 g/mol. The first-order valence-corrected chi connectivity index (χ1v) is 4.23. The van der Waals surface area contributed by atoms with Gasteiger partial charge in [-0.05, 0) is 26.9 Å². The van der Waals surface area contributed by atoms with Crippen LogP contribution in [0.5, 0.6) is 0 Å². The van der Waals surface area contributed by atoms with E-state index in [9.17, 15) is 18.3 Å². The Balaban J connectivity index is 2.70. The highest BCUT2D eigenvalue weighted by Gasteiger charge is 2.55. The minimum absolute atomic E-state index is 0.312.